The van der Waals surface area contributed by atoms with Crippen LogP contribution in [0, 0.1) is 12.7 Å². The normalized spacial score (nSPS) is 14.7. The highest BCUT2D eigenvalue weighted by Gasteiger charge is 2.16. The molecule has 0 saturated heterocycles. The molecule has 0 spiro atoms. The van der Waals surface area contributed by atoms with Crippen molar-refractivity contribution in [3.8, 4) is 10.6 Å². The molecule has 4 heteroatoms. The highest BCUT2D eigenvalue weighted by Crippen LogP contribution is 2.31. The molecule has 0 aliphatic carbocycles. The van der Waals surface area contributed by atoms with Gasteiger partial charge in [0.15, 0.2) is 0 Å². The van der Waals surface area contributed by atoms with E-state index in [9.17, 15) is 4.39 Å². The fourth-order valence-electron chi connectivity index (χ4n) is 2.11. The smallest absolute Gasteiger partial charge is 0.124 e. The van der Waals surface area contributed by atoms with Gasteiger partial charge in [-0.05, 0) is 30.7 Å². The van der Waals surface area contributed by atoms with Crippen LogP contribution in [0.3, 0.4) is 0 Å². The molecule has 2 heterocycles. The molecular weight excluding hydrogens is 235 g/mol. The van der Waals surface area contributed by atoms with Crippen LogP contribution in [0.25, 0.3) is 10.6 Å². The van der Waals surface area contributed by atoms with Gasteiger partial charge in [0.2, 0.25) is 0 Å². The Bertz CT molecular complexity index is 539. The molecule has 2 nitrogen and oxygen atoms in total. The van der Waals surface area contributed by atoms with E-state index in [1.807, 2.05) is 13.0 Å². The van der Waals surface area contributed by atoms with E-state index in [2.05, 4.69) is 10.3 Å². The second-order valence-electron chi connectivity index (χ2n) is 4.27. The fourth-order valence-corrected chi connectivity index (χ4v) is 3.28. The fraction of sp³-hybridized carbons (Fsp3) is 0.308. The monoisotopic (exact) mass is 248 g/mol. The first kappa shape index (κ1) is 10.9. The largest absolute Gasteiger partial charge is 0.311 e. The van der Waals surface area contributed by atoms with Crippen molar-refractivity contribution in [1.82, 2.24) is 10.3 Å². The van der Waals surface area contributed by atoms with E-state index in [1.54, 1.807) is 17.4 Å². The van der Waals surface area contributed by atoms with Crippen LogP contribution in [-0.4, -0.2) is 11.5 Å². The molecule has 3 rings (SSSR count). The first-order valence-corrected chi connectivity index (χ1v) is 6.51. The molecule has 1 aliphatic rings. The summed E-state index contributed by atoms with van der Waals surface area (Å²) in [6, 6.07) is 4.89. The lowest BCUT2D eigenvalue weighted by atomic mass is 10.1. The summed E-state index contributed by atoms with van der Waals surface area (Å²) in [5.41, 5.74) is 3.20. The lowest BCUT2D eigenvalue weighted by Gasteiger charge is -2.09. The van der Waals surface area contributed by atoms with Crippen molar-refractivity contribution >= 4 is 11.3 Å². The van der Waals surface area contributed by atoms with Crippen molar-refractivity contribution in [2.24, 2.45) is 0 Å². The van der Waals surface area contributed by atoms with E-state index in [4.69, 9.17) is 0 Å². The molecule has 0 fully saturated rings. The number of hydrogen-bond acceptors (Lipinski definition) is 3. The molecule has 17 heavy (non-hydrogen) atoms. The summed E-state index contributed by atoms with van der Waals surface area (Å²) < 4.78 is 13.1. The number of hydrogen-bond donors (Lipinski definition) is 1. The Morgan fingerprint density at radius 1 is 1.41 bits per heavy atom. The minimum absolute atomic E-state index is 0.186. The van der Waals surface area contributed by atoms with Crippen LogP contribution >= 0.6 is 11.3 Å². The number of fused-ring (bicyclic) bond motifs is 1. The molecule has 1 aromatic heterocycles. The molecule has 1 aromatic carbocycles. The minimum atomic E-state index is -0.186. The Hall–Kier alpha value is -1.26. The van der Waals surface area contributed by atoms with Gasteiger partial charge in [0.1, 0.15) is 10.8 Å². The van der Waals surface area contributed by atoms with Crippen LogP contribution < -0.4 is 5.32 Å². The van der Waals surface area contributed by atoms with Crippen molar-refractivity contribution in [1.29, 1.82) is 0 Å². The van der Waals surface area contributed by atoms with E-state index < -0.39 is 0 Å². The summed E-state index contributed by atoms with van der Waals surface area (Å²) in [7, 11) is 0. The van der Waals surface area contributed by atoms with Crippen molar-refractivity contribution in [2.75, 3.05) is 6.54 Å². The molecule has 0 radical (unpaired) electrons. The highest BCUT2D eigenvalue weighted by atomic mass is 32.1. The Morgan fingerprint density at radius 3 is 3.06 bits per heavy atom. The number of nitrogens with one attached hydrogen (secondary N) is 1. The molecule has 0 atom stereocenters. The predicted molar refractivity (Wildman–Crippen MR) is 67.7 cm³/mol. The van der Waals surface area contributed by atoms with E-state index >= 15 is 0 Å². The number of thiazole rings is 1. The van der Waals surface area contributed by atoms with Crippen LogP contribution in [0.5, 0.6) is 0 Å². The zero-order valence-electron chi connectivity index (χ0n) is 9.59. The summed E-state index contributed by atoms with van der Waals surface area (Å²) in [4.78, 5) is 5.98. The molecular formula is C13H13FN2S. The number of aryl methyl sites for hydroxylation is 1. The van der Waals surface area contributed by atoms with Crippen molar-refractivity contribution in [3.05, 3.63) is 40.2 Å². The van der Waals surface area contributed by atoms with Crippen LogP contribution in [0.4, 0.5) is 4.39 Å². The van der Waals surface area contributed by atoms with Gasteiger partial charge in [-0.3, -0.25) is 0 Å². The number of nitrogens with zero attached hydrogens (tertiary/aromatic N) is 1. The molecule has 0 unspecified atom stereocenters. The maximum Gasteiger partial charge on any atom is 0.124 e. The number of aromatic nitrogens is 1. The number of rotatable bonds is 1. The van der Waals surface area contributed by atoms with Crippen molar-refractivity contribution < 1.29 is 4.39 Å². The third-order valence-corrected chi connectivity index (χ3v) is 4.15. The molecule has 0 bridgehead atoms. The second kappa shape index (κ2) is 4.20. The SMILES string of the molecule is Cc1cc(F)ccc1-c1nc2c(s1)CNCC2. The Kier molecular flexibility index (Phi) is 2.68. The van der Waals surface area contributed by atoms with Crippen molar-refractivity contribution in [3.63, 3.8) is 0 Å². The standard InChI is InChI=1S/C13H13FN2S/c1-8-6-9(14)2-3-10(8)13-16-11-4-5-15-7-12(11)17-13/h2-3,6,15H,4-5,7H2,1H3. The average molecular weight is 248 g/mol. The summed E-state index contributed by atoms with van der Waals surface area (Å²) in [5.74, 6) is -0.186. The highest BCUT2D eigenvalue weighted by molar-refractivity contribution is 7.15. The first-order chi connectivity index (χ1) is 8.24. The van der Waals surface area contributed by atoms with E-state index in [-0.39, 0.29) is 5.82 Å². The van der Waals surface area contributed by atoms with Gasteiger partial charge in [-0.25, -0.2) is 9.37 Å². The Balaban J connectivity index is 2.06. The zero-order valence-corrected chi connectivity index (χ0v) is 10.4. The minimum Gasteiger partial charge on any atom is -0.311 e. The molecule has 0 saturated carbocycles. The number of halogens is 1. The predicted octanol–water partition coefficient (Wildman–Crippen LogP) is 2.90. The molecule has 88 valence electrons. The van der Waals surface area contributed by atoms with Gasteiger partial charge in [0.05, 0.1) is 5.69 Å². The summed E-state index contributed by atoms with van der Waals surface area (Å²) in [6.07, 6.45) is 0.992. The Labute approximate surface area is 104 Å². The van der Waals surface area contributed by atoms with E-state index in [1.165, 1.54) is 16.6 Å². The van der Waals surface area contributed by atoms with Crippen LogP contribution in [-0.2, 0) is 13.0 Å². The molecule has 1 aliphatic heterocycles. The number of benzene rings is 1. The second-order valence-corrected chi connectivity index (χ2v) is 5.36. The molecule has 1 N–H and O–H groups in total. The molecule has 0 amide bonds. The van der Waals surface area contributed by atoms with Gasteiger partial charge in [-0.1, -0.05) is 0 Å². The maximum absolute atomic E-state index is 13.1. The van der Waals surface area contributed by atoms with E-state index in [0.717, 1.165) is 35.6 Å². The van der Waals surface area contributed by atoms with E-state index in [0.29, 0.717) is 0 Å². The van der Waals surface area contributed by atoms with Gasteiger partial charge in [-0.2, -0.15) is 0 Å². The van der Waals surface area contributed by atoms with Gasteiger partial charge in [-0.15, -0.1) is 11.3 Å². The quantitative estimate of drug-likeness (QED) is 0.839. The maximum atomic E-state index is 13.1. The summed E-state index contributed by atoms with van der Waals surface area (Å²) >= 11 is 1.71. The lowest BCUT2D eigenvalue weighted by Crippen LogP contribution is -2.22. The third-order valence-electron chi connectivity index (χ3n) is 3.02. The Morgan fingerprint density at radius 2 is 2.29 bits per heavy atom. The third kappa shape index (κ3) is 1.98. The van der Waals surface area contributed by atoms with Crippen LogP contribution in [0.2, 0.25) is 0 Å². The van der Waals surface area contributed by atoms with Crippen molar-refractivity contribution in [2.45, 2.75) is 19.9 Å². The van der Waals surface area contributed by atoms with Gasteiger partial charge in [0.25, 0.3) is 0 Å². The van der Waals surface area contributed by atoms with Gasteiger partial charge < -0.3 is 5.32 Å². The van der Waals surface area contributed by atoms with Crippen LogP contribution in [0.15, 0.2) is 18.2 Å². The van der Waals surface area contributed by atoms with Gasteiger partial charge in [0, 0.05) is 30.0 Å². The topological polar surface area (TPSA) is 24.9 Å². The van der Waals surface area contributed by atoms with Gasteiger partial charge >= 0.3 is 0 Å². The summed E-state index contributed by atoms with van der Waals surface area (Å²) in [5, 5.41) is 4.35. The lowest BCUT2D eigenvalue weighted by molar-refractivity contribution is 0.627. The van der Waals surface area contributed by atoms with Crippen LogP contribution in [0.1, 0.15) is 16.1 Å². The zero-order chi connectivity index (χ0) is 11.8. The summed E-state index contributed by atoms with van der Waals surface area (Å²) in [6.45, 7) is 3.84. The first-order valence-electron chi connectivity index (χ1n) is 5.70. The molecule has 2 aromatic rings. The average Bonchev–Trinajstić information content (AvgIpc) is 2.72.